The molecule has 3 N–H and O–H groups in total. The zero-order valence-electron chi connectivity index (χ0n) is 69.8. The van der Waals surface area contributed by atoms with Crippen LogP contribution in [0.1, 0.15) is 190 Å². The first-order valence-corrected chi connectivity index (χ1v) is 42.2. The smallest absolute Gasteiger partial charge is 0.410 e. The summed E-state index contributed by atoms with van der Waals surface area (Å²) in [4.78, 5) is 48.0. The molecule has 8 bridgehead atoms. The second kappa shape index (κ2) is 38.1. The van der Waals surface area contributed by atoms with Crippen molar-refractivity contribution in [2.45, 2.75) is 209 Å². The first-order valence-electron chi connectivity index (χ1n) is 41.4. The normalized spacial score (nSPS) is 23.6. The fraction of sp³-hybridized carbons (Fsp3) is 0.593. The van der Waals surface area contributed by atoms with Gasteiger partial charge in [0.15, 0.2) is 23.7 Å². The van der Waals surface area contributed by atoms with E-state index in [0.29, 0.717) is 124 Å². The number of amides is 2. The lowest BCUT2D eigenvalue weighted by Crippen LogP contribution is -2.51. The highest BCUT2D eigenvalue weighted by atomic mass is 79.9. The Hall–Kier alpha value is -9.41. The number of benzene rings is 4. The highest BCUT2D eigenvalue weighted by molar-refractivity contribution is 9.10. The molecule has 4 aliphatic carbocycles. The van der Waals surface area contributed by atoms with E-state index in [0.717, 1.165) is 114 Å². The quantitative estimate of drug-likeness (QED) is 0.0596. The van der Waals surface area contributed by atoms with Gasteiger partial charge in [0.25, 0.3) is 0 Å². The minimum atomic E-state index is -0.487. The Kier molecular flexibility index (Phi) is 28.3. The van der Waals surface area contributed by atoms with Gasteiger partial charge in [-0.3, -0.25) is 0 Å². The third-order valence-electron chi connectivity index (χ3n) is 23.1. The number of hydrogen-bond donors (Lipinski definition) is 2. The largest absolute Gasteiger partial charge is 0.444 e. The molecule has 632 valence electrons. The van der Waals surface area contributed by atoms with Crippen LogP contribution in [0.3, 0.4) is 0 Å². The predicted molar refractivity (Wildman–Crippen MR) is 435 cm³/mol. The van der Waals surface area contributed by atoms with Crippen molar-refractivity contribution >= 4 is 28.1 Å². The first-order chi connectivity index (χ1) is 55.6. The number of hydrogen-bond acceptors (Lipinski definition) is 20. The highest BCUT2D eigenvalue weighted by Crippen LogP contribution is 2.47. The van der Waals surface area contributed by atoms with Crippen LogP contribution in [-0.2, 0) is 28.7 Å². The lowest BCUT2D eigenvalue weighted by atomic mass is 9.82. The van der Waals surface area contributed by atoms with Crippen molar-refractivity contribution in [2.75, 3.05) is 52.4 Å². The summed E-state index contributed by atoms with van der Waals surface area (Å²) in [5.41, 5.74) is 5.20. The number of rotatable bonds is 18. The van der Waals surface area contributed by atoms with Crippen LogP contribution in [0.15, 0.2) is 102 Å². The van der Waals surface area contributed by atoms with Gasteiger partial charge in [-0.05, 0) is 291 Å². The molecule has 2 amide bonds. The van der Waals surface area contributed by atoms with Crippen molar-refractivity contribution in [1.82, 2.24) is 79.1 Å². The Labute approximate surface area is 692 Å². The molecule has 26 nitrogen and oxygen atoms in total. The number of halogens is 5. The Morgan fingerprint density at radius 2 is 0.735 bits per heavy atom. The standard InChI is InChI=1S/C24H33FN4O3.C20H24FN5O.C19H25FN4O.C12H22N2O2.C11H11BrFN3O/c1-15(2)29-22(31-19-8-6-7-18(25)11-19)26-21(27-29)12-20-16-9-10-17(20)14-28(13-16)23(30)32-24(3,4)5;1-13(2)26-20(27-17-5-3-4-16(21)8-17)23-19(24-26)9-18-14-6-7-15(18)11-25(10-14)12-22;1-12(2)24-19(25-16-5-3-4-15(20)8-16)22-18(23-24)9-17-13-6-7-14(17)11-21-10-13;1-12(2,3)16-11(15)14-6-8-4-5-9(7-14)10(8)13;1-7(2)16-11(14-10(12)15-16)17-9-5-3-4-8(13)6-9/h6-8,11,15-17,20H,9-10,12-14H2,1-5H3;3-5,8,13-15,18H,6-7,9-11H2,1-2H3;3-5,8,12-14,17,21H,6-7,9-11H2,1-2H3;8-10H,4-7,13H2,1-3H3;3-7H,1-2H3/t16-,17+,20?;14-,15+,18?;13-,14+,17?;8-,9+,10?;. The summed E-state index contributed by atoms with van der Waals surface area (Å²) < 4.78 is 94.7. The molecule has 12 atom stereocenters. The van der Waals surface area contributed by atoms with Crippen LogP contribution >= 0.6 is 15.9 Å². The van der Waals surface area contributed by atoms with Crippen LogP contribution in [0.4, 0.5) is 27.2 Å². The monoisotopic (exact) mass is 1680 g/mol. The molecule has 16 rings (SSSR count). The van der Waals surface area contributed by atoms with Crippen LogP contribution in [0.25, 0.3) is 0 Å². The maximum atomic E-state index is 13.6. The molecule has 8 aromatic rings. The molecule has 8 fully saturated rings. The van der Waals surface area contributed by atoms with Gasteiger partial charge in [0.2, 0.25) is 4.73 Å². The topological polar surface area (TPSA) is 284 Å². The summed E-state index contributed by atoms with van der Waals surface area (Å²) >= 11 is 3.18. The molecule has 31 heteroatoms. The van der Waals surface area contributed by atoms with E-state index < -0.39 is 11.2 Å². The molecular formula is C86H115BrF4N18O8. The van der Waals surface area contributed by atoms with Crippen LogP contribution in [0.5, 0.6) is 47.0 Å². The number of nitrogens with zero attached hydrogens (tertiary/aromatic N) is 16. The average molecular weight is 1680 g/mol. The van der Waals surface area contributed by atoms with Crippen molar-refractivity contribution in [3.05, 3.63) is 143 Å². The van der Waals surface area contributed by atoms with Gasteiger partial charge in [-0.25, -0.2) is 45.9 Å². The molecule has 4 saturated carbocycles. The number of nitrogens with two attached hydrogens (primary N) is 1. The zero-order chi connectivity index (χ0) is 83.7. The van der Waals surface area contributed by atoms with Crippen LogP contribution in [0.2, 0.25) is 0 Å². The van der Waals surface area contributed by atoms with Crippen molar-refractivity contribution in [1.29, 1.82) is 5.26 Å². The molecule has 4 aliphatic heterocycles. The third-order valence-corrected chi connectivity index (χ3v) is 23.4. The van der Waals surface area contributed by atoms with E-state index in [1.807, 2.05) is 112 Å². The van der Waals surface area contributed by atoms with E-state index in [-0.39, 0.29) is 59.6 Å². The van der Waals surface area contributed by atoms with Gasteiger partial charge < -0.3 is 54.2 Å². The summed E-state index contributed by atoms with van der Waals surface area (Å²) in [6.45, 7) is 34.3. The fourth-order valence-corrected chi connectivity index (χ4v) is 17.9. The number of aromatic nitrogens is 12. The van der Waals surface area contributed by atoms with Gasteiger partial charge in [-0.2, -0.15) is 40.5 Å². The predicted octanol–water partition coefficient (Wildman–Crippen LogP) is 17.7. The number of likely N-dealkylation sites (tertiary alicyclic amines) is 3. The number of carbonyl (C=O) groups excluding carboxylic acids is 2. The zero-order valence-corrected chi connectivity index (χ0v) is 71.4. The number of fused-ring (bicyclic) bond motifs is 8. The average Bonchev–Trinajstić information content (AvgIpc) is 1.65. The van der Waals surface area contributed by atoms with Gasteiger partial charge in [0, 0.05) is 88.8 Å². The number of carbonyl (C=O) groups is 2. The van der Waals surface area contributed by atoms with E-state index in [9.17, 15) is 32.4 Å². The summed E-state index contributed by atoms with van der Waals surface area (Å²) in [5.74, 6) is 8.54. The minimum Gasteiger partial charge on any atom is -0.444 e. The van der Waals surface area contributed by atoms with Gasteiger partial charge in [-0.1, -0.05) is 24.3 Å². The van der Waals surface area contributed by atoms with E-state index in [4.69, 9.17) is 39.3 Å². The highest BCUT2D eigenvalue weighted by Gasteiger charge is 2.47. The van der Waals surface area contributed by atoms with E-state index in [2.05, 4.69) is 62.7 Å². The molecule has 4 unspecified atom stereocenters. The number of ether oxygens (including phenoxy) is 6. The Morgan fingerprint density at radius 1 is 0.453 bits per heavy atom. The van der Waals surface area contributed by atoms with Gasteiger partial charge >= 0.3 is 36.2 Å². The summed E-state index contributed by atoms with van der Waals surface area (Å²) in [6.07, 6.45) is 13.8. The maximum absolute atomic E-state index is 13.6. The molecular weight excluding hydrogens is 1570 g/mol. The summed E-state index contributed by atoms with van der Waals surface area (Å²) in [7, 11) is 0. The van der Waals surface area contributed by atoms with E-state index in [1.165, 1.54) is 74.2 Å². The lowest BCUT2D eigenvalue weighted by Gasteiger charge is -2.38. The SMILES string of the molecule is CC(C)(C)OC(=O)N1C[C@H]2CC[C@@H](C1)C2N.CC(C)n1nc(Br)nc1Oc1cccc(F)c1.CC(C)n1nc(CC2[C@@H]3CC[C@H]2CN(C#N)C3)nc1Oc1cccc(F)c1.CC(C)n1nc(CC2[C@@H]3CC[C@H]2CN(C(=O)OC(C)(C)C)C3)nc1Oc1cccc(F)c1.CC(C)n1nc(CC2[C@@H]3CC[C@H]2CNC3)nc1Oc1cccc(F)c1. The molecule has 0 radical (unpaired) electrons. The third kappa shape index (κ3) is 23.1. The summed E-state index contributed by atoms with van der Waals surface area (Å²) in [5, 5.41) is 30.9. The van der Waals surface area contributed by atoms with Crippen LogP contribution < -0.4 is 30.0 Å². The van der Waals surface area contributed by atoms with Crippen molar-refractivity contribution in [3.63, 3.8) is 0 Å². The van der Waals surface area contributed by atoms with Gasteiger partial charge in [-0.15, -0.1) is 5.10 Å². The minimum absolute atomic E-state index is 0.0607. The number of nitrogens with one attached hydrogen (secondary N) is 1. The molecule has 8 heterocycles. The van der Waals surface area contributed by atoms with Crippen LogP contribution in [0, 0.1) is 99.8 Å². The molecule has 4 aromatic heterocycles. The van der Waals surface area contributed by atoms with E-state index in [1.54, 1.807) is 67.3 Å². The second-order valence-corrected chi connectivity index (χ2v) is 36.2. The maximum Gasteiger partial charge on any atom is 0.410 e. The fourth-order valence-electron chi connectivity index (χ4n) is 17.6. The first kappa shape index (κ1) is 86.9. The number of piperidine rings is 4. The Bertz CT molecular complexity index is 4630. The Morgan fingerprint density at radius 3 is 1.04 bits per heavy atom. The lowest BCUT2D eigenvalue weighted by molar-refractivity contribution is 0.00770. The van der Waals surface area contributed by atoms with Gasteiger partial charge in [0.1, 0.15) is 57.5 Å². The molecule has 8 aliphatic rings. The second-order valence-electron chi connectivity index (χ2n) is 35.5. The number of nitriles is 1. The van der Waals surface area contributed by atoms with Crippen molar-refractivity contribution in [2.24, 2.45) is 70.8 Å². The molecule has 4 aromatic carbocycles. The molecule has 0 spiro atoms. The van der Waals surface area contributed by atoms with Crippen LogP contribution in [-0.4, -0.2) is 156 Å². The van der Waals surface area contributed by atoms with E-state index >= 15 is 0 Å². The Balaban J connectivity index is 0.000000138. The van der Waals surface area contributed by atoms with Crippen molar-refractivity contribution < 1.29 is 55.6 Å². The van der Waals surface area contributed by atoms with Gasteiger partial charge in [0.05, 0.1) is 24.2 Å². The molecule has 4 saturated heterocycles. The molecule has 117 heavy (non-hydrogen) atoms. The summed E-state index contributed by atoms with van der Waals surface area (Å²) in [6, 6.07) is 26.3. The van der Waals surface area contributed by atoms with Crippen molar-refractivity contribution in [3.8, 4) is 53.2 Å².